The Bertz CT molecular complexity index is 652. The maximum absolute atomic E-state index is 12.0. The summed E-state index contributed by atoms with van der Waals surface area (Å²) in [5.41, 5.74) is 6.71. The molecule has 0 aliphatic rings. The van der Waals surface area contributed by atoms with Crippen LogP contribution in [0.1, 0.15) is 21.7 Å². The van der Waals surface area contributed by atoms with Crippen LogP contribution in [-0.4, -0.2) is 22.4 Å². The Balaban J connectivity index is 2.23. The van der Waals surface area contributed by atoms with E-state index in [2.05, 4.69) is 27.1 Å². The van der Waals surface area contributed by atoms with Gasteiger partial charge in [0.2, 0.25) is 0 Å². The summed E-state index contributed by atoms with van der Waals surface area (Å²) in [5.74, 6) is 5.05. The van der Waals surface area contributed by atoms with Gasteiger partial charge in [0.25, 0.3) is 5.91 Å². The number of nitrogens with two attached hydrogens (primary N) is 1. The zero-order valence-corrected chi connectivity index (χ0v) is 10.3. The molecule has 0 radical (unpaired) electrons. The van der Waals surface area contributed by atoms with Crippen molar-refractivity contribution in [2.24, 2.45) is 5.73 Å². The first-order chi connectivity index (χ1) is 9.20. The van der Waals surface area contributed by atoms with Gasteiger partial charge in [0, 0.05) is 6.20 Å². The van der Waals surface area contributed by atoms with Gasteiger partial charge in [-0.3, -0.25) is 10.1 Å². The van der Waals surface area contributed by atoms with Gasteiger partial charge in [-0.15, -0.1) is 0 Å². The number of carbonyl (C=O) groups excluding carboxylic acids is 1. The van der Waals surface area contributed by atoms with Gasteiger partial charge in [-0.2, -0.15) is 4.98 Å². The van der Waals surface area contributed by atoms with Crippen molar-refractivity contribution >= 4 is 11.9 Å². The molecule has 6 nitrogen and oxygen atoms in total. The molecule has 0 bridgehead atoms. The number of oxazole rings is 1. The van der Waals surface area contributed by atoms with Crippen molar-refractivity contribution in [1.82, 2.24) is 9.97 Å². The summed E-state index contributed by atoms with van der Waals surface area (Å²) >= 11 is 0. The van der Waals surface area contributed by atoms with Gasteiger partial charge in [-0.05, 0) is 19.1 Å². The fourth-order valence-corrected chi connectivity index (χ4v) is 1.40. The predicted molar refractivity (Wildman–Crippen MR) is 69.4 cm³/mol. The molecule has 0 spiro atoms. The molecule has 3 N–H and O–H groups in total. The van der Waals surface area contributed by atoms with Gasteiger partial charge >= 0.3 is 6.01 Å². The Morgan fingerprint density at radius 2 is 2.42 bits per heavy atom. The molecular formula is C13H12N4O2. The summed E-state index contributed by atoms with van der Waals surface area (Å²) in [6.45, 7) is 1.98. The zero-order valence-electron chi connectivity index (χ0n) is 10.3. The highest BCUT2D eigenvalue weighted by atomic mass is 16.4. The highest BCUT2D eigenvalue weighted by molar-refractivity contribution is 6.03. The molecule has 0 atom stereocenters. The first-order valence-corrected chi connectivity index (χ1v) is 5.58. The molecule has 0 unspecified atom stereocenters. The lowest BCUT2D eigenvalue weighted by atomic mass is 10.2. The van der Waals surface area contributed by atoms with E-state index >= 15 is 0 Å². The summed E-state index contributed by atoms with van der Waals surface area (Å²) in [6, 6.07) is 3.53. The van der Waals surface area contributed by atoms with Crippen LogP contribution in [0.2, 0.25) is 0 Å². The molecule has 0 saturated heterocycles. The Morgan fingerprint density at radius 1 is 1.58 bits per heavy atom. The SMILES string of the molecule is Cc1coc(NC(=O)c2ncccc2C#CCN)n1. The average Bonchev–Trinajstić information content (AvgIpc) is 2.82. The molecule has 0 aliphatic heterocycles. The molecule has 19 heavy (non-hydrogen) atoms. The lowest BCUT2D eigenvalue weighted by molar-refractivity contribution is 0.101. The van der Waals surface area contributed by atoms with Crippen molar-refractivity contribution < 1.29 is 9.21 Å². The molecule has 0 aromatic carbocycles. The molecule has 0 fully saturated rings. The molecule has 0 aliphatic carbocycles. The minimum absolute atomic E-state index is 0.130. The van der Waals surface area contributed by atoms with Gasteiger partial charge in [0.1, 0.15) is 12.0 Å². The highest BCUT2D eigenvalue weighted by Crippen LogP contribution is 2.10. The van der Waals surface area contributed by atoms with Gasteiger partial charge in [0.05, 0.1) is 17.8 Å². The maximum atomic E-state index is 12.0. The van der Waals surface area contributed by atoms with Gasteiger partial charge in [-0.25, -0.2) is 4.98 Å². The van der Waals surface area contributed by atoms with E-state index in [1.165, 1.54) is 12.5 Å². The Hall–Kier alpha value is -2.65. The number of pyridine rings is 1. The number of aromatic nitrogens is 2. The van der Waals surface area contributed by atoms with E-state index in [1.807, 2.05) is 0 Å². The molecule has 2 aromatic heterocycles. The molecule has 2 aromatic rings. The van der Waals surface area contributed by atoms with Crippen LogP contribution in [0.25, 0.3) is 0 Å². The summed E-state index contributed by atoms with van der Waals surface area (Å²) in [7, 11) is 0. The number of nitrogens with one attached hydrogen (secondary N) is 1. The number of hydrogen-bond acceptors (Lipinski definition) is 5. The predicted octanol–water partition coefficient (Wildman–Crippen LogP) is 0.941. The van der Waals surface area contributed by atoms with E-state index in [1.54, 1.807) is 19.1 Å². The van der Waals surface area contributed by atoms with Crippen LogP contribution in [0, 0.1) is 18.8 Å². The lowest BCUT2D eigenvalue weighted by Gasteiger charge is -2.02. The second kappa shape index (κ2) is 5.80. The van der Waals surface area contributed by atoms with Crippen molar-refractivity contribution in [3.8, 4) is 11.8 Å². The monoisotopic (exact) mass is 256 g/mol. The van der Waals surface area contributed by atoms with E-state index < -0.39 is 5.91 Å². The van der Waals surface area contributed by atoms with Crippen LogP contribution in [0.5, 0.6) is 0 Å². The van der Waals surface area contributed by atoms with E-state index in [9.17, 15) is 4.79 Å². The van der Waals surface area contributed by atoms with Crippen LogP contribution >= 0.6 is 0 Å². The third-order valence-electron chi connectivity index (χ3n) is 2.19. The largest absolute Gasteiger partial charge is 0.432 e. The van der Waals surface area contributed by atoms with E-state index in [-0.39, 0.29) is 18.3 Å². The third-order valence-corrected chi connectivity index (χ3v) is 2.19. The molecule has 2 rings (SSSR count). The molecule has 0 saturated carbocycles. The van der Waals surface area contributed by atoms with Crippen LogP contribution < -0.4 is 11.1 Å². The van der Waals surface area contributed by atoms with Gasteiger partial charge < -0.3 is 10.2 Å². The summed E-state index contributed by atoms with van der Waals surface area (Å²) in [6.07, 6.45) is 2.96. The van der Waals surface area contributed by atoms with E-state index in [0.29, 0.717) is 11.3 Å². The summed E-state index contributed by atoms with van der Waals surface area (Å²) in [5, 5.41) is 2.52. The van der Waals surface area contributed by atoms with E-state index in [0.717, 1.165) is 0 Å². The molecule has 2 heterocycles. The number of nitrogens with zero attached hydrogens (tertiary/aromatic N) is 2. The van der Waals surface area contributed by atoms with Gasteiger partial charge in [0.15, 0.2) is 0 Å². The van der Waals surface area contributed by atoms with Gasteiger partial charge in [-0.1, -0.05) is 11.8 Å². The topological polar surface area (TPSA) is 94.0 Å². The maximum Gasteiger partial charge on any atom is 0.301 e. The Kier molecular flexibility index (Phi) is 3.90. The van der Waals surface area contributed by atoms with Crippen molar-refractivity contribution in [3.05, 3.63) is 41.5 Å². The fourth-order valence-electron chi connectivity index (χ4n) is 1.40. The number of amides is 1. The van der Waals surface area contributed by atoms with Crippen molar-refractivity contribution in [3.63, 3.8) is 0 Å². The zero-order chi connectivity index (χ0) is 13.7. The molecule has 96 valence electrons. The standard InChI is InChI=1S/C13H12N4O2/c1-9-8-19-13(16-9)17-12(18)11-10(4-2-6-14)5-3-7-15-11/h3,5,7-8H,6,14H2,1H3,(H,16,17,18). The second-order valence-corrected chi connectivity index (χ2v) is 3.65. The van der Waals surface area contributed by atoms with Crippen LogP contribution in [0.15, 0.2) is 29.0 Å². The normalized spacial score (nSPS) is 9.58. The highest BCUT2D eigenvalue weighted by Gasteiger charge is 2.14. The Labute approximate surface area is 110 Å². The number of hydrogen-bond donors (Lipinski definition) is 2. The number of aryl methyl sites for hydroxylation is 1. The van der Waals surface area contributed by atoms with Crippen LogP contribution in [-0.2, 0) is 0 Å². The third kappa shape index (κ3) is 3.18. The van der Waals surface area contributed by atoms with Crippen LogP contribution in [0.4, 0.5) is 6.01 Å². The van der Waals surface area contributed by atoms with Crippen molar-refractivity contribution in [2.75, 3.05) is 11.9 Å². The fraction of sp³-hybridized carbons (Fsp3) is 0.154. The smallest absolute Gasteiger partial charge is 0.301 e. The van der Waals surface area contributed by atoms with E-state index in [4.69, 9.17) is 10.2 Å². The quantitative estimate of drug-likeness (QED) is 0.780. The molecule has 6 heteroatoms. The lowest BCUT2D eigenvalue weighted by Crippen LogP contribution is -2.15. The average molecular weight is 256 g/mol. The molecule has 1 amide bonds. The summed E-state index contributed by atoms with van der Waals surface area (Å²) < 4.78 is 5.05. The number of carbonyl (C=O) groups is 1. The number of anilines is 1. The van der Waals surface area contributed by atoms with Crippen molar-refractivity contribution in [1.29, 1.82) is 0 Å². The van der Waals surface area contributed by atoms with Crippen molar-refractivity contribution in [2.45, 2.75) is 6.92 Å². The number of rotatable bonds is 2. The second-order valence-electron chi connectivity index (χ2n) is 3.65. The summed E-state index contributed by atoms with van der Waals surface area (Å²) in [4.78, 5) is 20.0. The Morgan fingerprint density at radius 3 is 3.11 bits per heavy atom. The first kappa shape index (κ1) is 12.8. The molecular weight excluding hydrogens is 244 g/mol. The first-order valence-electron chi connectivity index (χ1n) is 5.58. The minimum Gasteiger partial charge on any atom is -0.432 e. The minimum atomic E-state index is -0.427. The van der Waals surface area contributed by atoms with Crippen LogP contribution in [0.3, 0.4) is 0 Å².